The van der Waals surface area contributed by atoms with E-state index in [2.05, 4.69) is 44.3 Å². The molecule has 0 aliphatic heterocycles. The topological polar surface area (TPSA) is 21.3 Å². The van der Waals surface area contributed by atoms with Crippen molar-refractivity contribution in [3.63, 3.8) is 0 Å². The highest BCUT2D eigenvalue weighted by atomic mass is 16.5. The molecule has 2 heteroatoms. The van der Waals surface area contributed by atoms with Gasteiger partial charge in [0.25, 0.3) is 0 Å². The van der Waals surface area contributed by atoms with Crippen molar-refractivity contribution in [1.29, 1.82) is 0 Å². The molecular formula is C17H27NO. The number of hydrogen-bond acceptors (Lipinski definition) is 2. The van der Waals surface area contributed by atoms with Crippen LogP contribution in [-0.4, -0.2) is 13.2 Å². The Morgan fingerprint density at radius 3 is 2.79 bits per heavy atom. The first-order valence-electron chi connectivity index (χ1n) is 7.67. The molecule has 2 rings (SSSR count). The second-order valence-corrected chi connectivity index (χ2v) is 5.83. The fourth-order valence-corrected chi connectivity index (χ4v) is 2.48. The van der Waals surface area contributed by atoms with Crippen LogP contribution in [0.5, 0.6) is 5.75 Å². The van der Waals surface area contributed by atoms with Crippen LogP contribution in [-0.2, 0) is 0 Å². The zero-order valence-electron chi connectivity index (χ0n) is 12.5. The van der Waals surface area contributed by atoms with Gasteiger partial charge in [0.15, 0.2) is 0 Å². The van der Waals surface area contributed by atoms with Gasteiger partial charge in [0.2, 0.25) is 0 Å². The predicted molar refractivity (Wildman–Crippen MR) is 80.7 cm³/mol. The maximum absolute atomic E-state index is 6.06. The summed E-state index contributed by atoms with van der Waals surface area (Å²) in [6.45, 7) is 8.50. The zero-order chi connectivity index (χ0) is 13.7. The van der Waals surface area contributed by atoms with Gasteiger partial charge in [-0.15, -0.1) is 0 Å². The molecule has 19 heavy (non-hydrogen) atoms. The Morgan fingerprint density at radius 1 is 1.37 bits per heavy atom. The van der Waals surface area contributed by atoms with E-state index in [0.29, 0.717) is 6.04 Å². The number of benzene rings is 1. The highest BCUT2D eigenvalue weighted by Gasteiger charge is 2.19. The lowest BCUT2D eigenvalue weighted by Crippen LogP contribution is -2.22. The molecule has 1 unspecified atom stereocenters. The van der Waals surface area contributed by atoms with Gasteiger partial charge >= 0.3 is 0 Å². The molecule has 0 bridgehead atoms. The Bertz CT molecular complexity index is 398. The minimum absolute atomic E-state index is 0.358. The van der Waals surface area contributed by atoms with E-state index in [1.165, 1.54) is 30.4 Å². The van der Waals surface area contributed by atoms with Crippen molar-refractivity contribution in [1.82, 2.24) is 5.32 Å². The number of nitrogens with one attached hydrogen (secondary N) is 1. The molecule has 1 saturated carbocycles. The lowest BCUT2D eigenvalue weighted by Gasteiger charge is -2.26. The van der Waals surface area contributed by atoms with E-state index in [4.69, 9.17) is 4.74 Å². The van der Waals surface area contributed by atoms with Crippen molar-refractivity contribution < 1.29 is 4.74 Å². The van der Waals surface area contributed by atoms with Crippen molar-refractivity contribution in [2.75, 3.05) is 13.2 Å². The minimum atomic E-state index is 0.358. The summed E-state index contributed by atoms with van der Waals surface area (Å²) in [7, 11) is 0. The summed E-state index contributed by atoms with van der Waals surface area (Å²) in [6, 6.07) is 6.89. The van der Waals surface area contributed by atoms with Crippen molar-refractivity contribution in [3.8, 4) is 5.75 Å². The van der Waals surface area contributed by atoms with Crippen LogP contribution in [0.4, 0.5) is 0 Å². The van der Waals surface area contributed by atoms with Gasteiger partial charge in [-0.05, 0) is 51.6 Å². The largest absolute Gasteiger partial charge is 0.493 e. The molecule has 0 radical (unpaired) electrons. The molecule has 1 atom stereocenters. The molecular weight excluding hydrogens is 234 g/mol. The highest BCUT2D eigenvalue weighted by molar-refractivity contribution is 5.39. The molecule has 1 N–H and O–H groups in total. The van der Waals surface area contributed by atoms with Crippen LogP contribution in [0, 0.1) is 12.8 Å². The van der Waals surface area contributed by atoms with Crippen LogP contribution in [0.3, 0.4) is 0 Å². The summed E-state index contributed by atoms with van der Waals surface area (Å²) in [6.07, 6.45) is 5.22. The van der Waals surface area contributed by atoms with Crippen molar-refractivity contribution in [3.05, 3.63) is 29.3 Å². The van der Waals surface area contributed by atoms with Gasteiger partial charge in [0.1, 0.15) is 5.75 Å². The molecule has 1 aliphatic carbocycles. The van der Waals surface area contributed by atoms with Crippen molar-refractivity contribution >= 4 is 0 Å². The number of ether oxygens (including phenoxy) is 1. The fraction of sp³-hybridized carbons (Fsp3) is 0.647. The van der Waals surface area contributed by atoms with Crippen LogP contribution < -0.4 is 10.1 Å². The average molecular weight is 261 g/mol. The Kier molecular flexibility index (Phi) is 5.26. The summed E-state index contributed by atoms with van der Waals surface area (Å²) in [4.78, 5) is 0. The molecule has 1 fully saturated rings. The first-order chi connectivity index (χ1) is 9.20. The smallest absolute Gasteiger partial charge is 0.124 e. The number of hydrogen-bond donors (Lipinski definition) is 1. The predicted octanol–water partition coefficient (Wildman–Crippen LogP) is 4.23. The van der Waals surface area contributed by atoms with Crippen molar-refractivity contribution in [2.24, 2.45) is 5.92 Å². The Balaban J connectivity index is 2.02. The van der Waals surface area contributed by atoms with E-state index < -0.39 is 0 Å². The van der Waals surface area contributed by atoms with Crippen LogP contribution in [0.1, 0.15) is 56.7 Å². The molecule has 1 aromatic rings. The molecule has 0 aromatic heterocycles. The highest BCUT2D eigenvalue weighted by Crippen LogP contribution is 2.30. The first kappa shape index (κ1) is 14.4. The van der Waals surface area contributed by atoms with Gasteiger partial charge in [-0.1, -0.05) is 31.0 Å². The van der Waals surface area contributed by atoms with Crippen LogP contribution in [0.25, 0.3) is 0 Å². The molecule has 0 heterocycles. The lowest BCUT2D eigenvalue weighted by molar-refractivity contribution is 0.178. The summed E-state index contributed by atoms with van der Waals surface area (Å²) in [5.41, 5.74) is 2.60. The average Bonchev–Trinajstić information content (AvgIpc) is 2.35. The summed E-state index contributed by atoms with van der Waals surface area (Å²) in [5, 5.41) is 3.55. The van der Waals surface area contributed by atoms with Crippen molar-refractivity contribution in [2.45, 2.75) is 52.5 Å². The third kappa shape index (κ3) is 3.97. The van der Waals surface area contributed by atoms with E-state index in [1.807, 2.05) is 0 Å². The maximum Gasteiger partial charge on any atom is 0.124 e. The van der Waals surface area contributed by atoms with E-state index >= 15 is 0 Å². The van der Waals surface area contributed by atoms with Gasteiger partial charge < -0.3 is 10.1 Å². The second kappa shape index (κ2) is 6.95. The quantitative estimate of drug-likeness (QED) is 0.793. The van der Waals surface area contributed by atoms with Crippen LogP contribution >= 0.6 is 0 Å². The first-order valence-corrected chi connectivity index (χ1v) is 7.67. The Hall–Kier alpha value is -1.02. The van der Waals surface area contributed by atoms with Gasteiger partial charge in [-0.3, -0.25) is 0 Å². The molecule has 0 amide bonds. The second-order valence-electron chi connectivity index (χ2n) is 5.83. The Labute approximate surface area is 117 Å². The Morgan fingerprint density at radius 2 is 2.16 bits per heavy atom. The number of aryl methyl sites for hydroxylation is 1. The molecule has 2 nitrogen and oxygen atoms in total. The maximum atomic E-state index is 6.06. The normalized spacial score (nSPS) is 17.0. The molecule has 0 spiro atoms. The fourth-order valence-electron chi connectivity index (χ4n) is 2.48. The van der Waals surface area contributed by atoms with Crippen LogP contribution in [0.15, 0.2) is 18.2 Å². The third-order valence-corrected chi connectivity index (χ3v) is 4.03. The molecule has 1 aliphatic rings. The standard InChI is InChI=1S/C17H27NO/c1-4-10-18-14(3)16-11-13(2)8-9-17(16)19-12-15-6-5-7-15/h8-9,11,14-15,18H,4-7,10,12H2,1-3H3. The third-order valence-electron chi connectivity index (χ3n) is 4.03. The van der Waals surface area contributed by atoms with Gasteiger partial charge in [0, 0.05) is 11.6 Å². The van der Waals surface area contributed by atoms with E-state index in [9.17, 15) is 0 Å². The summed E-state index contributed by atoms with van der Waals surface area (Å²) in [5.74, 6) is 1.85. The molecule has 0 saturated heterocycles. The molecule has 106 valence electrons. The minimum Gasteiger partial charge on any atom is -0.493 e. The molecule has 1 aromatic carbocycles. The zero-order valence-corrected chi connectivity index (χ0v) is 12.5. The van der Waals surface area contributed by atoms with E-state index in [-0.39, 0.29) is 0 Å². The summed E-state index contributed by atoms with van der Waals surface area (Å²) >= 11 is 0. The van der Waals surface area contributed by atoms with Gasteiger partial charge in [-0.2, -0.15) is 0 Å². The van der Waals surface area contributed by atoms with Gasteiger partial charge in [0.05, 0.1) is 6.61 Å². The van der Waals surface area contributed by atoms with E-state index in [1.54, 1.807) is 0 Å². The number of rotatable bonds is 7. The summed E-state index contributed by atoms with van der Waals surface area (Å²) < 4.78 is 6.06. The van der Waals surface area contributed by atoms with E-state index in [0.717, 1.165) is 31.2 Å². The van der Waals surface area contributed by atoms with Crippen LogP contribution in [0.2, 0.25) is 0 Å². The monoisotopic (exact) mass is 261 g/mol. The van der Waals surface area contributed by atoms with Gasteiger partial charge in [-0.25, -0.2) is 0 Å². The lowest BCUT2D eigenvalue weighted by atomic mass is 9.86. The SMILES string of the molecule is CCCNC(C)c1cc(C)ccc1OCC1CCC1.